The highest BCUT2D eigenvalue weighted by atomic mass is 127. The molecule has 0 radical (unpaired) electrons. The lowest BCUT2D eigenvalue weighted by atomic mass is 10.2. The van der Waals surface area contributed by atoms with Crippen molar-refractivity contribution >= 4 is 91.2 Å². The molecule has 0 amide bonds. The zero-order valence-electron chi connectivity index (χ0n) is 15.0. The van der Waals surface area contributed by atoms with E-state index in [0.717, 1.165) is 11.4 Å². The average molecular weight is 610 g/mol. The number of rotatable bonds is 7. The molecule has 2 rings (SSSR count). The van der Waals surface area contributed by atoms with E-state index in [2.05, 4.69) is 93.3 Å². The fraction of sp³-hybridized carbons (Fsp3) is 0.222. The molecule has 0 aliphatic heterocycles. The number of benzene rings is 2. The fourth-order valence-corrected chi connectivity index (χ4v) is 4.50. The zero-order chi connectivity index (χ0) is 19.1. The van der Waals surface area contributed by atoms with Crippen molar-refractivity contribution in [2.75, 3.05) is 14.1 Å². The van der Waals surface area contributed by atoms with E-state index in [1.54, 1.807) is 22.0 Å². The average Bonchev–Trinajstić information content (AvgIpc) is 2.58. The summed E-state index contributed by atoms with van der Waals surface area (Å²) in [5, 5.41) is 0. The molecule has 0 saturated carbocycles. The summed E-state index contributed by atoms with van der Waals surface area (Å²) in [6, 6.07) is 12.5. The van der Waals surface area contributed by atoms with E-state index < -0.39 is 0 Å². The molecule has 2 aromatic carbocycles. The van der Waals surface area contributed by atoms with Gasteiger partial charge in [-0.25, -0.2) is 9.98 Å². The van der Waals surface area contributed by atoms with Crippen LogP contribution in [0.3, 0.4) is 0 Å². The minimum absolute atomic E-state index is 0.993. The molecule has 0 atom stereocenters. The van der Waals surface area contributed by atoms with Gasteiger partial charge in [0.05, 0.1) is 11.4 Å². The maximum atomic E-state index is 4.55. The Kier molecular flexibility index (Phi) is 9.04. The Hall–Kier alpha value is -0.460. The monoisotopic (exact) mass is 610 g/mol. The topological polar surface area (TPSA) is 31.2 Å². The molecule has 26 heavy (non-hydrogen) atoms. The van der Waals surface area contributed by atoms with Crippen LogP contribution in [0.5, 0.6) is 0 Å². The normalized spacial score (nSPS) is 11.5. The van der Waals surface area contributed by atoms with Gasteiger partial charge in [0.1, 0.15) is 12.7 Å². The van der Waals surface area contributed by atoms with E-state index in [1.165, 1.54) is 18.3 Å². The summed E-state index contributed by atoms with van der Waals surface area (Å²) >= 11 is 4.62. The third kappa shape index (κ3) is 7.28. The van der Waals surface area contributed by atoms with Crippen molar-refractivity contribution in [2.45, 2.75) is 13.8 Å². The summed E-state index contributed by atoms with van der Waals surface area (Å²) in [4.78, 5) is 9.10. The van der Waals surface area contributed by atoms with E-state index in [0.29, 0.717) is 0 Å². The number of halogens is 2. The van der Waals surface area contributed by atoms with Crippen molar-refractivity contribution in [3.05, 3.63) is 54.7 Å². The van der Waals surface area contributed by atoms with Crippen LogP contribution in [0.4, 0.5) is 11.4 Å². The van der Waals surface area contributed by atoms with Gasteiger partial charge in [-0.3, -0.25) is 8.61 Å². The van der Waals surface area contributed by atoms with Gasteiger partial charge in [-0.2, -0.15) is 0 Å². The number of aliphatic imine (C=N–C) groups is 2. The predicted molar refractivity (Wildman–Crippen MR) is 135 cm³/mol. The van der Waals surface area contributed by atoms with Gasteiger partial charge >= 0.3 is 0 Å². The van der Waals surface area contributed by atoms with Crippen molar-refractivity contribution in [3.63, 3.8) is 0 Å². The van der Waals surface area contributed by atoms with Crippen LogP contribution >= 0.6 is 67.1 Å². The number of nitrogens with zero attached hydrogens (tertiary/aromatic N) is 4. The van der Waals surface area contributed by atoms with Crippen LogP contribution in [0.15, 0.2) is 46.4 Å². The zero-order valence-corrected chi connectivity index (χ0v) is 20.9. The first-order chi connectivity index (χ1) is 12.3. The van der Waals surface area contributed by atoms with Crippen LogP contribution in [0.25, 0.3) is 0 Å². The van der Waals surface area contributed by atoms with Crippen molar-refractivity contribution in [2.24, 2.45) is 9.98 Å². The van der Waals surface area contributed by atoms with Crippen LogP contribution in [0, 0.1) is 21.0 Å². The van der Waals surface area contributed by atoms with Gasteiger partial charge in [0, 0.05) is 43.2 Å². The molecule has 138 valence electrons. The molecule has 4 nitrogen and oxygen atoms in total. The molecule has 0 heterocycles. The van der Waals surface area contributed by atoms with Crippen molar-refractivity contribution in [1.29, 1.82) is 0 Å². The first kappa shape index (κ1) is 21.8. The molecular weight excluding hydrogens is 590 g/mol. The number of hydrogen-bond donors (Lipinski definition) is 0. The maximum Gasteiger partial charge on any atom is 0.102 e. The third-order valence-corrected chi connectivity index (χ3v) is 6.98. The molecule has 0 aliphatic carbocycles. The van der Waals surface area contributed by atoms with Gasteiger partial charge in [-0.05, 0) is 107 Å². The second kappa shape index (κ2) is 10.8. The Morgan fingerprint density at radius 2 is 1.15 bits per heavy atom. The molecule has 8 heteroatoms. The van der Waals surface area contributed by atoms with Crippen LogP contribution in [-0.2, 0) is 0 Å². The molecule has 0 fully saturated rings. The van der Waals surface area contributed by atoms with Crippen molar-refractivity contribution in [1.82, 2.24) is 8.61 Å². The van der Waals surface area contributed by atoms with Crippen LogP contribution in [0.1, 0.15) is 11.1 Å². The summed E-state index contributed by atoms with van der Waals surface area (Å²) < 4.78 is 6.40. The molecule has 0 aliphatic rings. The van der Waals surface area contributed by atoms with Gasteiger partial charge < -0.3 is 0 Å². The Morgan fingerprint density at radius 3 is 1.50 bits per heavy atom. The Morgan fingerprint density at radius 1 is 0.769 bits per heavy atom. The minimum atomic E-state index is 0.993. The highest BCUT2D eigenvalue weighted by Crippen LogP contribution is 2.27. The molecule has 0 spiro atoms. The lowest BCUT2D eigenvalue weighted by molar-refractivity contribution is 0.866. The third-order valence-electron chi connectivity index (χ3n) is 3.31. The minimum Gasteiger partial charge on any atom is -0.299 e. The van der Waals surface area contributed by atoms with Crippen molar-refractivity contribution in [3.8, 4) is 0 Å². The van der Waals surface area contributed by atoms with Crippen LogP contribution in [0.2, 0.25) is 0 Å². The first-order valence-corrected chi connectivity index (χ1v) is 12.0. The molecule has 0 bridgehead atoms. The summed E-state index contributed by atoms with van der Waals surface area (Å²) in [6.45, 7) is 4.15. The standard InChI is InChI=1S/C18H20I2N4S2/c1-13-9-15(19)5-7-17(13)21-11-23(3)25-26-24(4)12-22-18-8-6-16(20)10-14(18)2/h5-12H,1-4H3/b21-11-,22-12-. The van der Waals surface area contributed by atoms with E-state index in [9.17, 15) is 0 Å². The van der Waals surface area contributed by atoms with E-state index in [1.807, 2.05) is 47.5 Å². The number of aryl methyl sites for hydroxylation is 2. The molecule has 0 aromatic heterocycles. The lowest BCUT2D eigenvalue weighted by Gasteiger charge is -2.15. The lowest BCUT2D eigenvalue weighted by Crippen LogP contribution is -2.09. The Labute approximate surface area is 190 Å². The summed E-state index contributed by atoms with van der Waals surface area (Å²) in [5.74, 6) is 0. The predicted octanol–water partition coefficient (Wildman–Crippen LogP) is 6.61. The van der Waals surface area contributed by atoms with E-state index >= 15 is 0 Å². The van der Waals surface area contributed by atoms with Gasteiger partial charge in [0.25, 0.3) is 0 Å². The first-order valence-electron chi connectivity index (χ1n) is 7.76. The van der Waals surface area contributed by atoms with Gasteiger partial charge in [-0.1, -0.05) is 0 Å². The van der Waals surface area contributed by atoms with Crippen molar-refractivity contribution < 1.29 is 0 Å². The molecule has 2 aromatic rings. The summed E-state index contributed by atoms with van der Waals surface area (Å²) in [6.07, 6.45) is 3.67. The second-order valence-corrected chi connectivity index (χ2v) is 10.4. The largest absolute Gasteiger partial charge is 0.299 e. The fourth-order valence-electron chi connectivity index (χ4n) is 1.96. The van der Waals surface area contributed by atoms with Crippen LogP contribution < -0.4 is 0 Å². The van der Waals surface area contributed by atoms with Crippen LogP contribution in [-0.4, -0.2) is 35.4 Å². The van der Waals surface area contributed by atoms with E-state index in [4.69, 9.17) is 0 Å². The summed E-state index contributed by atoms with van der Waals surface area (Å²) in [7, 11) is 7.14. The highest BCUT2D eigenvalue weighted by Gasteiger charge is 2.01. The molecular formula is C18H20I2N4S2. The quantitative estimate of drug-likeness (QED) is 0.116. The summed E-state index contributed by atoms with van der Waals surface area (Å²) in [5.41, 5.74) is 4.34. The smallest absolute Gasteiger partial charge is 0.102 e. The second-order valence-electron chi connectivity index (χ2n) is 5.59. The SMILES string of the molecule is Cc1cc(I)ccc1/N=C\N(C)SSN(C)/C=N\c1ccc(I)cc1C. The molecule has 0 unspecified atom stereocenters. The molecule has 0 saturated heterocycles. The van der Waals surface area contributed by atoms with Gasteiger partial charge in [0.15, 0.2) is 0 Å². The highest BCUT2D eigenvalue weighted by molar-refractivity contribution is 14.1. The number of hydrogen-bond acceptors (Lipinski definition) is 4. The Balaban J connectivity index is 1.85. The van der Waals surface area contributed by atoms with Gasteiger partial charge in [-0.15, -0.1) is 0 Å². The molecule has 0 N–H and O–H groups in total. The van der Waals surface area contributed by atoms with Gasteiger partial charge in [0.2, 0.25) is 0 Å². The Bertz CT molecular complexity index is 744. The van der Waals surface area contributed by atoms with E-state index in [-0.39, 0.29) is 0 Å². The maximum absolute atomic E-state index is 4.55.